The number of nitrogens with one attached hydrogen (secondary N) is 1. The van der Waals surface area contributed by atoms with E-state index in [1.807, 2.05) is 0 Å². The lowest BCUT2D eigenvalue weighted by molar-refractivity contribution is -0.0511. The van der Waals surface area contributed by atoms with Gasteiger partial charge in [-0.25, -0.2) is 9.67 Å². The molecule has 6 N–H and O–H groups in total. The van der Waals surface area contributed by atoms with E-state index in [9.17, 15) is 20.1 Å². The molecule has 13 nitrogen and oxygen atoms in total. The zero-order chi connectivity index (χ0) is 20.0. The van der Waals surface area contributed by atoms with E-state index in [0.717, 1.165) is 0 Å². The molecule has 0 saturated carbocycles. The average Bonchev–Trinajstić information content (AvgIpc) is 3.40. The predicted octanol–water partition coefficient (Wildman–Crippen LogP) is -2.43. The number of aliphatic hydroxyl groups excluding tert-OH is 3. The van der Waals surface area contributed by atoms with Crippen molar-refractivity contribution in [1.29, 1.82) is 0 Å². The van der Waals surface area contributed by atoms with Crippen LogP contribution < -0.4 is 11.1 Å². The van der Waals surface area contributed by atoms with Gasteiger partial charge < -0.3 is 31.1 Å². The Balaban J connectivity index is 1.77. The first-order valence-corrected chi connectivity index (χ1v) is 8.34. The predicted molar refractivity (Wildman–Crippen MR) is 93.3 cm³/mol. The molecule has 0 bridgehead atoms. The zero-order valence-corrected chi connectivity index (χ0v) is 14.7. The molecule has 4 heterocycles. The van der Waals surface area contributed by atoms with E-state index < -0.39 is 31.1 Å². The Kier molecular flexibility index (Phi) is 4.43. The number of nitrogen functional groups attached to an aromatic ring is 1. The Morgan fingerprint density at radius 2 is 2.14 bits per heavy atom. The van der Waals surface area contributed by atoms with Crippen LogP contribution in [0, 0.1) is 0 Å². The van der Waals surface area contributed by atoms with Gasteiger partial charge in [-0.15, -0.1) is 0 Å². The number of rotatable bonds is 4. The van der Waals surface area contributed by atoms with Gasteiger partial charge in [0.25, 0.3) is 11.9 Å². The van der Waals surface area contributed by atoms with Crippen LogP contribution in [0.25, 0.3) is 17.1 Å². The number of ether oxygens (including phenoxy) is 1. The number of imidazole rings is 1. The molecule has 0 radical (unpaired) electrons. The lowest BCUT2D eigenvalue weighted by Gasteiger charge is -2.16. The van der Waals surface area contributed by atoms with Crippen molar-refractivity contribution in [2.24, 2.45) is 0 Å². The molecule has 1 saturated heterocycles. The normalized spacial score (nSPS) is 24.7. The summed E-state index contributed by atoms with van der Waals surface area (Å²) in [4.78, 5) is 24.4. The molecule has 1 amide bonds. The van der Waals surface area contributed by atoms with Gasteiger partial charge in [-0.3, -0.25) is 9.36 Å². The molecule has 1 aliphatic rings. The maximum absolute atomic E-state index is 11.7. The number of fused-ring (bicyclic) bond motifs is 1. The summed E-state index contributed by atoms with van der Waals surface area (Å²) in [6, 6.07) is 0. The van der Waals surface area contributed by atoms with Crippen molar-refractivity contribution in [3.05, 3.63) is 24.3 Å². The molecule has 1 fully saturated rings. The van der Waals surface area contributed by atoms with Crippen LogP contribution in [0.4, 0.5) is 5.82 Å². The minimum atomic E-state index is -1.31. The van der Waals surface area contributed by atoms with E-state index in [-0.39, 0.29) is 28.8 Å². The molecule has 3 aromatic rings. The largest absolute Gasteiger partial charge is 0.394 e. The van der Waals surface area contributed by atoms with E-state index in [4.69, 9.17) is 10.5 Å². The molecule has 13 heteroatoms. The van der Waals surface area contributed by atoms with Crippen molar-refractivity contribution >= 4 is 22.9 Å². The number of aromatic nitrogens is 6. The van der Waals surface area contributed by atoms with Crippen LogP contribution in [-0.4, -0.2) is 82.5 Å². The van der Waals surface area contributed by atoms with Gasteiger partial charge in [0.05, 0.1) is 24.7 Å². The Labute approximate surface area is 157 Å². The number of hydrogen-bond acceptors (Lipinski definition) is 10. The van der Waals surface area contributed by atoms with Crippen LogP contribution in [0.1, 0.15) is 16.6 Å². The van der Waals surface area contributed by atoms with E-state index in [1.54, 1.807) is 0 Å². The number of amides is 1. The van der Waals surface area contributed by atoms with Gasteiger partial charge in [0.2, 0.25) is 0 Å². The Hall–Kier alpha value is -3.13. The Morgan fingerprint density at radius 3 is 2.82 bits per heavy atom. The van der Waals surface area contributed by atoms with Gasteiger partial charge in [0.15, 0.2) is 17.7 Å². The molecule has 3 aromatic heterocycles. The quantitative estimate of drug-likeness (QED) is 0.320. The molecule has 4 atom stereocenters. The fourth-order valence-electron chi connectivity index (χ4n) is 3.02. The molecule has 0 aromatic carbocycles. The smallest absolute Gasteiger partial charge is 0.254 e. The lowest BCUT2D eigenvalue weighted by Crippen LogP contribution is -2.33. The maximum atomic E-state index is 11.7. The molecular formula is C15H18N8O5. The molecule has 4 rings (SSSR count). The van der Waals surface area contributed by atoms with Crippen molar-refractivity contribution in [2.75, 3.05) is 19.4 Å². The van der Waals surface area contributed by atoms with Gasteiger partial charge in [-0.05, 0) is 0 Å². The maximum Gasteiger partial charge on any atom is 0.254 e. The fraction of sp³-hybridized carbons (Fsp3) is 0.400. The highest BCUT2D eigenvalue weighted by atomic mass is 16.6. The molecule has 148 valence electrons. The molecule has 0 spiro atoms. The molecule has 28 heavy (non-hydrogen) atoms. The van der Waals surface area contributed by atoms with Crippen LogP contribution >= 0.6 is 0 Å². The van der Waals surface area contributed by atoms with Crippen molar-refractivity contribution in [2.45, 2.75) is 24.5 Å². The van der Waals surface area contributed by atoms with Crippen LogP contribution in [-0.2, 0) is 4.74 Å². The van der Waals surface area contributed by atoms with Crippen LogP contribution in [0.15, 0.2) is 18.7 Å². The van der Waals surface area contributed by atoms with E-state index >= 15 is 0 Å². The monoisotopic (exact) mass is 390 g/mol. The first-order valence-electron chi connectivity index (χ1n) is 8.34. The van der Waals surface area contributed by atoms with Gasteiger partial charge >= 0.3 is 0 Å². The number of hydrogen-bond donors (Lipinski definition) is 5. The summed E-state index contributed by atoms with van der Waals surface area (Å²) in [7, 11) is 1.50. The number of nitrogens with zero attached hydrogens (tertiary/aromatic N) is 6. The highest BCUT2D eigenvalue weighted by Gasteiger charge is 2.44. The van der Waals surface area contributed by atoms with Crippen molar-refractivity contribution in [3.8, 4) is 5.95 Å². The highest BCUT2D eigenvalue weighted by Crippen LogP contribution is 2.32. The summed E-state index contributed by atoms with van der Waals surface area (Å²) in [6.07, 6.45) is -0.418. The van der Waals surface area contributed by atoms with Crippen molar-refractivity contribution < 1.29 is 24.9 Å². The van der Waals surface area contributed by atoms with Gasteiger partial charge in [-0.1, -0.05) is 0 Å². The first-order chi connectivity index (χ1) is 13.4. The second-order valence-corrected chi connectivity index (χ2v) is 6.21. The highest BCUT2D eigenvalue weighted by molar-refractivity contribution is 5.93. The number of carbonyl (C=O) groups excluding carboxylic acids is 1. The summed E-state index contributed by atoms with van der Waals surface area (Å²) in [5.74, 6) is -0.187. The summed E-state index contributed by atoms with van der Waals surface area (Å²) in [5, 5.41) is 36.1. The van der Waals surface area contributed by atoms with Crippen LogP contribution in [0.2, 0.25) is 0 Å². The van der Waals surface area contributed by atoms with Gasteiger partial charge in [0.1, 0.15) is 23.8 Å². The van der Waals surface area contributed by atoms with E-state index in [2.05, 4.69) is 25.4 Å². The van der Waals surface area contributed by atoms with Crippen molar-refractivity contribution in [3.63, 3.8) is 0 Å². The first kappa shape index (κ1) is 18.2. The lowest BCUT2D eigenvalue weighted by atomic mass is 10.1. The number of carbonyl (C=O) groups is 1. The molecule has 0 aliphatic carbocycles. The van der Waals surface area contributed by atoms with Crippen LogP contribution in [0.3, 0.4) is 0 Å². The van der Waals surface area contributed by atoms with Crippen LogP contribution in [0.5, 0.6) is 0 Å². The summed E-state index contributed by atoms with van der Waals surface area (Å²) >= 11 is 0. The summed E-state index contributed by atoms with van der Waals surface area (Å²) < 4.78 is 8.18. The fourth-order valence-corrected chi connectivity index (χ4v) is 3.02. The average molecular weight is 390 g/mol. The number of anilines is 1. The second-order valence-electron chi connectivity index (χ2n) is 6.21. The Bertz CT molecular complexity index is 1030. The molecule has 1 aliphatic heterocycles. The molecule has 2 unspecified atom stereocenters. The number of nitrogens with two attached hydrogens (primary N) is 1. The summed E-state index contributed by atoms with van der Waals surface area (Å²) in [5.41, 5.74) is 6.78. The van der Waals surface area contributed by atoms with Crippen molar-refractivity contribution in [1.82, 2.24) is 34.6 Å². The van der Waals surface area contributed by atoms with E-state index in [0.29, 0.717) is 5.56 Å². The third-order valence-corrected chi connectivity index (χ3v) is 4.50. The third-order valence-electron chi connectivity index (χ3n) is 4.50. The number of aliphatic hydroxyl groups is 3. The van der Waals surface area contributed by atoms with Gasteiger partial charge in [-0.2, -0.15) is 15.1 Å². The zero-order valence-electron chi connectivity index (χ0n) is 14.7. The van der Waals surface area contributed by atoms with E-state index in [1.165, 1.54) is 35.0 Å². The second kappa shape index (κ2) is 6.79. The SMILES string of the molecule is CNC(=O)c1cnn(-c2nc(N)c3ncn(C4O[C@H](CO)C(O)[C@H]4O)c3n2)c1. The standard InChI is InChI=1S/C15H18N8O5/c1-17-13(27)6-2-19-23(3-6)15-20-11(16)8-12(21-15)22(5-18-8)14-10(26)9(25)7(4-24)28-14/h2-3,5,7,9-10,14,24-26H,4H2,1H3,(H,17,27)(H2,16,20,21)/t7-,9?,10-,14?/m1/s1. The summed E-state index contributed by atoms with van der Waals surface area (Å²) in [6.45, 7) is -0.459. The minimum absolute atomic E-state index is 0.0579. The Morgan fingerprint density at radius 1 is 1.36 bits per heavy atom. The van der Waals surface area contributed by atoms with Gasteiger partial charge in [0, 0.05) is 13.2 Å². The molecular weight excluding hydrogens is 372 g/mol. The minimum Gasteiger partial charge on any atom is -0.394 e. The third kappa shape index (κ3) is 2.77. The topological polar surface area (TPSA) is 186 Å².